The molecule has 9 heteroatoms. The van der Waals surface area contributed by atoms with E-state index in [-0.39, 0.29) is 46.4 Å². The lowest BCUT2D eigenvalue weighted by molar-refractivity contribution is -0.144. The number of carbonyl (C=O) groups is 3. The van der Waals surface area contributed by atoms with Gasteiger partial charge in [-0.1, -0.05) is 66.5 Å². The SMILES string of the molecule is CC[C@H](C)[C@H](CO)N1C(=O)[C@@H]2[C@@H](C(=O)NCc3ccccc3)[C@@H]3SC2(CC3Br)C1C(=O)NC(C)C. The van der Waals surface area contributed by atoms with Gasteiger partial charge in [-0.05, 0) is 31.7 Å². The number of carbonyl (C=O) groups excluding carboxylic acids is 3. The first kappa shape index (κ1) is 26.5. The Morgan fingerprint density at radius 1 is 1.23 bits per heavy atom. The van der Waals surface area contributed by atoms with Crippen molar-refractivity contribution in [3.8, 4) is 0 Å². The van der Waals surface area contributed by atoms with Crippen LogP contribution in [0, 0.1) is 17.8 Å². The number of hydrogen-bond acceptors (Lipinski definition) is 5. The van der Waals surface area contributed by atoms with Crippen LogP contribution in [0.4, 0.5) is 0 Å². The summed E-state index contributed by atoms with van der Waals surface area (Å²) in [6.07, 6.45) is 1.40. The number of aliphatic hydroxyl groups excluding tert-OH is 1. The van der Waals surface area contributed by atoms with E-state index in [1.807, 2.05) is 58.0 Å². The second-order valence-electron chi connectivity index (χ2n) is 10.4. The van der Waals surface area contributed by atoms with E-state index in [0.29, 0.717) is 13.0 Å². The molecule has 192 valence electrons. The lowest BCUT2D eigenvalue weighted by Gasteiger charge is -2.39. The van der Waals surface area contributed by atoms with Crippen LogP contribution in [-0.2, 0) is 20.9 Å². The van der Waals surface area contributed by atoms with E-state index in [2.05, 4.69) is 26.6 Å². The van der Waals surface area contributed by atoms with Crippen LogP contribution in [0.5, 0.6) is 0 Å². The molecule has 3 unspecified atom stereocenters. The molecule has 0 saturated carbocycles. The van der Waals surface area contributed by atoms with Gasteiger partial charge >= 0.3 is 0 Å². The molecule has 1 spiro atoms. The molecule has 3 fully saturated rings. The van der Waals surface area contributed by atoms with E-state index in [0.717, 1.165) is 12.0 Å². The van der Waals surface area contributed by atoms with Gasteiger partial charge < -0.3 is 20.6 Å². The largest absolute Gasteiger partial charge is 0.394 e. The van der Waals surface area contributed by atoms with Crippen molar-refractivity contribution in [3.63, 3.8) is 0 Å². The monoisotopic (exact) mass is 565 g/mol. The van der Waals surface area contributed by atoms with Crippen molar-refractivity contribution in [1.82, 2.24) is 15.5 Å². The quantitative estimate of drug-likeness (QED) is 0.400. The minimum atomic E-state index is -0.726. The molecule has 3 heterocycles. The van der Waals surface area contributed by atoms with Crippen molar-refractivity contribution in [3.05, 3.63) is 35.9 Å². The maximum atomic E-state index is 14.1. The van der Waals surface area contributed by atoms with Gasteiger partial charge in [-0.2, -0.15) is 0 Å². The molecule has 1 aromatic carbocycles. The number of hydrogen-bond donors (Lipinski definition) is 3. The Kier molecular flexibility index (Phi) is 7.88. The van der Waals surface area contributed by atoms with E-state index in [4.69, 9.17) is 0 Å². The first-order chi connectivity index (χ1) is 16.7. The van der Waals surface area contributed by atoms with Gasteiger partial charge in [0.15, 0.2) is 0 Å². The number of nitrogens with zero attached hydrogens (tertiary/aromatic N) is 1. The van der Waals surface area contributed by atoms with Crippen LogP contribution in [0.2, 0.25) is 0 Å². The van der Waals surface area contributed by atoms with Gasteiger partial charge in [0.1, 0.15) is 6.04 Å². The summed E-state index contributed by atoms with van der Waals surface area (Å²) in [5.74, 6) is -1.64. The van der Waals surface area contributed by atoms with Gasteiger partial charge in [0, 0.05) is 22.7 Å². The lowest BCUT2D eigenvalue weighted by Crippen LogP contribution is -2.58. The second kappa shape index (κ2) is 10.4. The van der Waals surface area contributed by atoms with Crippen LogP contribution in [0.15, 0.2) is 30.3 Å². The number of fused-ring (bicyclic) bond motifs is 1. The molecule has 3 aliphatic rings. The Balaban J connectivity index is 1.70. The third kappa shape index (κ3) is 4.53. The fourth-order valence-electron chi connectivity index (χ4n) is 6.10. The molecule has 3 aliphatic heterocycles. The van der Waals surface area contributed by atoms with Gasteiger partial charge in [-0.25, -0.2) is 0 Å². The van der Waals surface area contributed by atoms with E-state index in [1.54, 1.807) is 16.7 Å². The number of amides is 3. The highest BCUT2D eigenvalue weighted by atomic mass is 79.9. The molecule has 35 heavy (non-hydrogen) atoms. The Labute approximate surface area is 220 Å². The molecular weight excluding hydrogens is 530 g/mol. The van der Waals surface area contributed by atoms with Crippen molar-refractivity contribution >= 4 is 45.4 Å². The van der Waals surface area contributed by atoms with Crippen LogP contribution in [0.3, 0.4) is 0 Å². The summed E-state index contributed by atoms with van der Waals surface area (Å²) < 4.78 is -0.704. The molecule has 0 radical (unpaired) electrons. The van der Waals surface area contributed by atoms with Gasteiger partial charge in [0.05, 0.1) is 29.2 Å². The third-order valence-corrected chi connectivity index (χ3v) is 11.1. The van der Waals surface area contributed by atoms with Gasteiger partial charge in [-0.3, -0.25) is 14.4 Å². The first-order valence-corrected chi connectivity index (χ1v) is 14.3. The summed E-state index contributed by atoms with van der Waals surface area (Å²) in [7, 11) is 0. The summed E-state index contributed by atoms with van der Waals surface area (Å²) in [5, 5.41) is 16.3. The van der Waals surface area contributed by atoms with E-state index in [9.17, 15) is 19.5 Å². The Morgan fingerprint density at radius 2 is 1.91 bits per heavy atom. The lowest BCUT2D eigenvalue weighted by atomic mass is 9.70. The second-order valence-corrected chi connectivity index (χ2v) is 13.1. The van der Waals surface area contributed by atoms with Crippen molar-refractivity contribution in [2.45, 2.75) is 80.0 Å². The highest BCUT2D eigenvalue weighted by Crippen LogP contribution is 2.68. The third-order valence-electron chi connectivity index (χ3n) is 7.86. The Hall–Kier alpha value is -1.58. The highest BCUT2D eigenvalue weighted by molar-refractivity contribution is 9.09. The summed E-state index contributed by atoms with van der Waals surface area (Å²) in [4.78, 5) is 43.0. The molecular formula is C26H36BrN3O4S. The summed E-state index contributed by atoms with van der Waals surface area (Å²) in [6.45, 7) is 7.99. The van der Waals surface area contributed by atoms with E-state index < -0.39 is 28.7 Å². The first-order valence-electron chi connectivity index (χ1n) is 12.5. The summed E-state index contributed by atoms with van der Waals surface area (Å²) >= 11 is 5.41. The molecule has 2 bridgehead atoms. The number of aliphatic hydroxyl groups is 1. The number of benzene rings is 1. The maximum absolute atomic E-state index is 14.1. The highest BCUT2D eigenvalue weighted by Gasteiger charge is 2.76. The fraction of sp³-hybridized carbons (Fsp3) is 0.654. The minimum absolute atomic E-state index is 0.0147. The topological polar surface area (TPSA) is 98.7 Å². The molecule has 3 amide bonds. The van der Waals surface area contributed by atoms with E-state index in [1.165, 1.54) is 0 Å². The van der Waals surface area contributed by atoms with Crippen molar-refractivity contribution in [2.24, 2.45) is 17.8 Å². The van der Waals surface area contributed by atoms with Crippen LogP contribution >= 0.6 is 27.7 Å². The molecule has 4 rings (SSSR count). The molecule has 0 aromatic heterocycles. The summed E-state index contributed by atoms with van der Waals surface area (Å²) in [6, 6.07) is 8.41. The fourth-order valence-corrected chi connectivity index (χ4v) is 9.70. The van der Waals surface area contributed by atoms with Crippen LogP contribution in [0.1, 0.15) is 46.1 Å². The van der Waals surface area contributed by atoms with E-state index >= 15 is 0 Å². The van der Waals surface area contributed by atoms with Crippen LogP contribution in [0.25, 0.3) is 0 Å². The molecule has 7 nitrogen and oxygen atoms in total. The Morgan fingerprint density at radius 3 is 2.51 bits per heavy atom. The average Bonchev–Trinajstić information content (AvgIpc) is 3.42. The normalized spacial score (nSPS) is 33.1. The summed E-state index contributed by atoms with van der Waals surface area (Å²) in [5.41, 5.74) is 0.993. The average molecular weight is 567 g/mol. The van der Waals surface area contributed by atoms with Crippen molar-refractivity contribution in [2.75, 3.05) is 6.61 Å². The molecule has 8 atom stereocenters. The maximum Gasteiger partial charge on any atom is 0.244 e. The zero-order valence-corrected chi connectivity index (χ0v) is 23.1. The standard InChI is InChI=1S/C26H36BrN3O4S/c1-5-15(4)18(13-31)30-22(24(33)29-14(2)3)26-11-17(27)21(35-26)19(20(26)25(30)34)23(32)28-12-16-9-7-6-8-10-16/h6-10,14-15,17-22,31H,5,11-13H2,1-4H3,(H,28,32)(H,29,33)/t15-,17?,18-,19+,20-,21+,22?,26?/m0/s1. The molecule has 3 N–H and O–H groups in total. The van der Waals surface area contributed by atoms with Crippen molar-refractivity contribution in [1.29, 1.82) is 0 Å². The predicted octanol–water partition coefficient (Wildman–Crippen LogP) is 2.70. The number of alkyl halides is 1. The minimum Gasteiger partial charge on any atom is -0.394 e. The number of thioether (sulfide) groups is 1. The molecule has 1 aromatic rings. The zero-order valence-electron chi connectivity index (χ0n) is 20.7. The smallest absolute Gasteiger partial charge is 0.244 e. The van der Waals surface area contributed by atoms with Crippen LogP contribution < -0.4 is 10.6 Å². The Bertz CT molecular complexity index is 963. The molecule has 0 aliphatic carbocycles. The number of nitrogens with one attached hydrogen (secondary N) is 2. The molecule has 3 saturated heterocycles. The van der Waals surface area contributed by atoms with Gasteiger partial charge in [-0.15, -0.1) is 11.8 Å². The number of likely N-dealkylation sites (tertiary alicyclic amines) is 1. The van der Waals surface area contributed by atoms with Gasteiger partial charge in [0.2, 0.25) is 17.7 Å². The van der Waals surface area contributed by atoms with Crippen molar-refractivity contribution < 1.29 is 19.5 Å². The predicted molar refractivity (Wildman–Crippen MR) is 141 cm³/mol. The van der Waals surface area contributed by atoms with Gasteiger partial charge in [0.25, 0.3) is 0 Å². The number of rotatable bonds is 9. The number of halogens is 1. The zero-order chi connectivity index (χ0) is 25.5. The van der Waals surface area contributed by atoms with Crippen LogP contribution in [-0.4, -0.2) is 67.3 Å².